The lowest BCUT2D eigenvalue weighted by Gasteiger charge is -2.38. The van der Waals surface area contributed by atoms with Gasteiger partial charge in [0.15, 0.2) is 0 Å². The van der Waals surface area contributed by atoms with E-state index >= 15 is 0 Å². The first-order valence-electron chi connectivity index (χ1n) is 6.54. The van der Waals surface area contributed by atoms with Crippen LogP contribution in [0.4, 0.5) is 0 Å². The van der Waals surface area contributed by atoms with Gasteiger partial charge in [-0.15, -0.1) is 11.3 Å². The van der Waals surface area contributed by atoms with E-state index in [1.54, 1.807) is 11.3 Å². The van der Waals surface area contributed by atoms with Gasteiger partial charge in [0.1, 0.15) is 0 Å². The summed E-state index contributed by atoms with van der Waals surface area (Å²) in [7, 11) is 0. The molecule has 0 amide bonds. The number of aryl methyl sites for hydroxylation is 2. The van der Waals surface area contributed by atoms with Gasteiger partial charge in [-0.3, -0.25) is 4.90 Å². The maximum Gasteiger partial charge on any atom is 0.0900 e. The molecule has 1 aliphatic rings. The Labute approximate surface area is 113 Å². The molecular formula is C13H23N3OS. The van der Waals surface area contributed by atoms with Gasteiger partial charge in [0.05, 0.1) is 23.4 Å². The molecule has 0 saturated carbocycles. The van der Waals surface area contributed by atoms with Gasteiger partial charge in [-0.1, -0.05) is 0 Å². The molecule has 0 spiro atoms. The van der Waals surface area contributed by atoms with Gasteiger partial charge in [0.2, 0.25) is 0 Å². The fourth-order valence-corrected chi connectivity index (χ4v) is 3.48. The number of ether oxygens (including phenoxy) is 1. The highest BCUT2D eigenvalue weighted by molar-refractivity contribution is 7.11. The largest absolute Gasteiger partial charge is 0.374 e. The van der Waals surface area contributed by atoms with Crippen molar-refractivity contribution in [1.29, 1.82) is 0 Å². The van der Waals surface area contributed by atoms with Gasteiger partial charge in [-0.2, -0.15) is 0 Å². The minimum absolute atomic E-state index is 0.0873. The van der Waals surface area contributed by atoms with E-state index in [4.69, 9.17) is 10.5 Å². The second kappa shape index (κ2) is 5.65. The summed E-state index contributed by atoms with van der Waals surface area (Å²) < 4.78 is 5.71. The predicted molar refractivity (Wildman–Crippen MR) is 75.0 cm³/mol. The average molecular weight is 269 g/mol. The van der Waals surface area contributed by atoms with Crippen LogP contribution in [0.3, 0.4) is 0 Å². The van der Waals surface area contributed by atoms with Crippen molar-refractivity contribution in [3.8, 4) is 0 Å². The molecule has 0 radical (unpaired) electrons. The van der Waals surface area contributed by atoms with Crippen molar-refractivity contribution in [2.75, 3.05) is 19.7 Å². The van der Waals surface area contributed by atoms with E-state index in [1.165, 1.54) is 4.88 Å². The third-order valence-corrected chi connectivity index (χ3v) is 4.82. The van der Waals surface area contributed by atoms with E-state index in [0.717, 1.165) is 30.4 Å². The third-order valence-electron chi connectivity index (χ3n) is 3.58. The summed E-state index contributed by atoms with van der Waals surface area (Å²) in [5.41, 5.74) is 7.10. The van der Waals surface area contributed by atoms with Crippen molar-refractivity contribution in [3.05, 3.63) is 15.6 Å². The molecule has 2 rings (SSSR count). The maximum atomic E-state index is 5.94. The Kier molecular flexibility index (Phi) is 4.37. The molecule has 102 valence electrons. The minimum atomic E-state index is 0.0873. The van der Waals surface area contributed by atoms with E-state index in [0.29, 0.717) is 6.04 Å². The molecule has 1 aromatic heterocycles. The first-order valence-corrected chi connectivity index (χ1v) is 7.36. The molecule has 0 aromatic carbocycles. The summed E-state index contributed by atoms with van der Waals surface area (Å²) >= 11 is 1.80. The number of thiazole rings is 1. The van der Waals surface area contributed by atoms with Crippen LogP contribution in [0.2, 0.25) is 0 Å². The molecule has 1 aliphatic heterocycles. The highest BCUT2D eigenvalue weighted by atomic mass is 32.1. The first kappa shape index (κ1) is 13.9. The van der Waals surface area contributed by atoms with Crippen LogP contribution < -0.4 is 5.73 Å². The zero-order chi connectivity index (χ0) is 13.3. The topological polar surface area (TPSA) is 51.4 Å². The van der Waals surface area contributed by atoms with Crippen molar-refractivity contribution in [3.63, 3.8) is 0 Å². The minimum Gasteiger partial charge on any atom is -0.374 e. The van der Waals surface area contributed by atoms with Crippen molar-refractivity contribution >= 4 is 11.3 Å². The number of hydrogen-bond donors (Lipinski definition) is 1. The van der Waals surface area contributed by atoms with Crippen molar-refractivity contribution in [2.45, 2.75) is 45.9 Å². The first-order chi connectivity index (χ1) is 8.49. The standard InChI is InChI=1S/C13H23N3OS/c1-8(14)12-7-16(5-6-17-12)10(3)13-9(2)15-11(4)18-13/h8,10,12H,5-7,14H2,1-4H3. The zero-order valence-corrected chi connectivity index (χ0v) is 12.5. The van der Waals surface area contributed by atoms with E-state index in [2.05, 4.69) is 30.7 Å². The van der Waals surface area contributed by atoms with Crippen molar-refractivity contribution in [1.82, 2.24) is 9.88 Å². The van der Waals surface area contributed by atoms with Crippen molar-refractivity contribution < 1.29 is 4.74 Å². The molecule has 0 aliphatic carbocycles. The highest BCUT2D eigenvalue weighted by Crippen LogP contribution is 2.30. The lowest BCUT2D eigenvalue weighted by atomic mass is 10.1. The Balaban J connectivity index is 2.09. The quantitative estimate of drug-likeness (QED) is 0.910. The van der Waals surface area contributed by atoms with Crippen LogP contribution in [0.5, 0.6) is 0 Å². The van der Waals surface area contributed by atoms with Gasteiger partial charge < -0.3 is 10.5 Å². The molecule has 0 bridgehead atoms. The maximum absolute atomic E-state index is 5.94. The number of rotatable bonds is 3. The Hall–Kier alpha value is -0.490. The SMILES string of the molecule is Cc1nc(C)c(C(C)N2CCOC(C(C)N)C2)s1. The van der Waals surface area contributed by atoms with E-state index in [-0.39, 0.29) is 12.1 Å². The Morgan fingerprint density at radius 2 is 2.17 bits per heavy atom. The summed E-state index contributed by atoms with van der Waals surface area (Å²) in [5.74, 6) is 0. The molecule has 4 nitrogen and oxygen atoms in total. The molecular weight excluding hydrogens is 246 g/mol. The van der Waals surface area contributed by atoms with Gasteiger partial charge >= 0.3 is 0 Å². The Bertz CT molecular complexity index is 405. The molecule has 3 atom stereocenters. The van der Waals surface area contributed by atoms with Crippen LogP contribution in [0.1, 0.15) is 35.5 Å². The lowest BCUT2D eigenvalue weighted by Crippen LogP contribution is -2.50. The number of nitrogens with two attached hydrogens (primary N) is 1. The summed E-state index contributed by atoms with van der Waals surface area (Å²) in [6.07, 6.45) is 0.149. The summed E-state index contributed by atoms with van der Waals surface area (Å²) in [4.78, 5) is 8.35. The molecule has 5 heteroatoms. The molecule has 1 aromatic rings. The van der Waals surface area contributed by atoms with Crippen LogP contribution in [0.25, 0.3) is 0 Å². The molecule has 18 heavy (non-hydrogen) atoms. The van der Waals surface area contributed by atoms with Crippen molar-refractivity contribution in [2.24, 2.45) is 5.73 Å². The van der Waals surface area contributed by atoms with Gasteiger partial charge in [0, 0.05) is 30.1 Å². The van der Waals surface area contributed by atoms with Crippen LogP contribution >= 0.6 is 11.3 Å². The van der Waals surface area contributed by atoms with Crippen LogP contribution in [0.15, 0.2) is 0 Å². The normalized spacial score (nSPS) is 25.1. The Morgan fingerprint density at radius 3 is 2.72 bits per heavy atom. The molecule has 2 N–H and O–H groups in total. The third kappa shape index (κ3) is 2.91. The molecule has 3 unspecified atom stereocenters. The fourth-order valence-electron chi connectivity index (χ4n) is 2.47. The number of morpholine rings is 1. The second-order valence-corrected chi connectivity index (χ2v) is 6.36. The fraction of sp³-hybridized carbons (Fsp3) is 0.769. The molecule has 1 saturated heterocycles. The highest BCUT2D eigenvalue weighted by Gasteiger charge is 2.28. The lowest BCUT2D eigenvalue weighted by molar-refractivity contribution is -0.0495. The number of aromatic nitrogens is 1. The smallest absolute Gasteiger partial charge is 0.0900 e. The zero-order valence-electron chi connectivity index (χ0n) is 11.6. The Morgan fingerprint density at radius 1 is 1.44 bits per heavy atom. The average Bonchev–Trinajstić information content (AvgIpc) is 2.67. The van der Waals surface area contributed by atoms with Crippen LogP contribution in [-0.4, -0.2) is 41.7 Å². The van der Waals surface area contributed by atoms with E-state index in [1.807, 2.05) is 6.92 Å². The predicted octanol–water partition coefficient (Wildman–Crippen LogP) is 1.87. The summed E-state index contributed by atoms with van der Waals surface area (Å²) in [5, 5.41) is 1.14. The molecule has 2 heterocycles. The number of hydrogen-bond acceptors (Lipinski definition) is 5. The van der Waals surface area contributed by atoms with Crippen LogP contribution in [-0.2, 0) is 4.74 Å². The van der Waals surface area contributed by atoms with Gasteiger partial charge in [-0.25, -0.2) is 4.98 Å². The van der Waals surface area contributed by atoms with Gasteiger partial charge in [-0.05, 0) is 27.7 Å². The van der Waals surface area contributed by atoms with E-state index in [9.17, 15) is 0 Å². The number of nitrogens with zero attached hydrogens (tertiary/aromatic N) is 2. The summed E-state index contributed by atoms with van der Waals surface area (Å²) in [6, 6.07) is 0.491. The van der Waals surface area contributed by atoms with Gasteiger partial charge in [0.25, 0.3) is 0 Å². The van der Waals surface area contributed by atoms with E-state index < -0.39 is 0 Å². The summed E-state index contributed by atoms with van der Waals surface area (Å²) in [6.45, 7) is 11.1. The second-order valence-electron chi connectivity index (χ2n) is 5.12. The monoisotopic (exact) mass is 269 g/mol. The van der Waals surface area contributed by atoms with Crippen LogP contribution in [0, 0.1) is 13.8 Å². The molecule has 1 fully saturated rings.